The van der Waals surface area contributed by atoms with Crippen molar-refractivity contribution in [2.24, 2.45) is 5.92 Å². The Morgan fingerprint density at radius 1 is 1.35 bits per heavy atom. The van der Waals surface area contributed by atoms with Crippen molar-refractivity contribution in [1.82, 2.24) is 20.6 Å². The fourth-order valence-corrected chi connectivity index (χ4v) is 4.53. The second-order valence-electron chi connectivity index (χ2n) is 5.96. The number of nitrogens with zero attached hydrogens (tertiary/aromatic N) is 2. The van der Waals surface area contributed by atoms with Gasteiger partial charge in [0.05, 0.1) is 27.9 Å². The van der Waals surface area contributed by atoms with Crippen LogP contribution in [0.1, 0.15) is 43.9 Å². The zero-order chi connectivity index (χ0) is 16.2. The summed E-state index contributed by atoms with van der Waals surface area (Å²) in [5.74, 6) is 0.651. The normalized spacial score (nSPS) is 15.7. The Morgan fingerprint density at radius 3 is 2.83 bits per heavy atom. The topological polar surface area (TPSA) is 66.9 Å². The van der Waals surface area contributed by atoms with E-state index in [2.05, 4.69) is 20.6 Å². The fraction of sp³-hybridized carbons (Fsp3) is 0.562. The van der Waals surface area contributed by atoms with Crippen LogP contribution in [-0.2, 0) is 13.0 Å². The third-order valence-electron chi connectivity index (χ3n) is 4.07. The lowest BCUT2D eigenvalue weighted by Gasteiger charge is -2.21. The zero-order valence-corrected chi connectivity index (χ0v) is 15.1. The number of aromatic nitrogens is 2. The second kappa shape index (κ2) is 7.51. The molecule has 23 heavy (non-hydrogen) atoms. The van der Waals surface area contributed by atoms with Crippen LogP contribution in [0.15, 0.2) is 5.38 Å². The van der Waals surface area contributed by atoms with Crippen LogP contribution in [0.2, 0.25) is 0 Å². The summed E-state index contributed by atoms with van der Waals surface area (Å²) in [5.41, 5.74) is 1.75. The Bertz CT molecular complexity index is 673. The van der Waals surface area contributed by atoms with Gasteiger partial charge in [0.2, 0.25) is 0 Å². The Hall–Kier alpha value is -1.31. The number of hydrogen-bond donors (Lipinski definition) is 2. The number of nitrogens with one attached hydrogen (secondary N) is 2. The molecule has 0 unspecified atom stereocenters. The van der Waals surface area contributed by atoms with Crippen LogP contribution in [0, 0.1) is 19.8 Å². The maximum atomic E-state index is 12.4. The summed E-state index contributed by atoms with van der Waals surface area (Å²) >= 11 is 3.14. The van der Waals surface area contributed by atoms with Crippen LogP contribution in [0.3, 0.4) is 0 Å². The van der Waals surface area contributed by atoms with Crippen molar-refractivity contribution in [1.29, 1.82) is 0 Å². The molecule has 1 saturated heterocycles. The molecule has 1 aliphatic rings. The average Bonchev–Trinajstić information content (AvgIpc) is 3.12. The van der Waals surface area contributed by atoms with Gasteiger partial charge < -0.3 is 10.6 Å². The minimum atomic E-state index is -0.0396. The highest BCUT2D eigenvalue weighted by Gasteiger charge is 2.19. The van der Waals surface area contributed by atoms with E-state index in [9.17, 15) is 4.79 Å². The number of piperidine rings is 1. The predicted octanol–water partition coefficient (Wildman–Crippen LogP) is 2.69. The van der Waals surface area contributed by atoms with E-state index in [4.69, 9.17) is 0 Å². The van der Waals surface area contributed by atoms with Gasteiger partial charge in [0.25, 0.3) is 5.91 Å². The quantitative estimate of drug-likeness (QED) is 0.870. The van der Waals surface area contributed by atoms with E-state index in [0.717, 1.165) is 45.8 Å². The molecule has 0 radical (unpaired) electrons. The molecule has 5 nitrogen and oxygen atoms in total. The van der Waals surface area contributed by atoms with Gasteiger partial charge in [-0.3, -0.25) is 4.79 Å². The molecule has 1 fully saturated rings. The van der Waals surface area contributed by atoms with Crippen LogP contribution in [0.4, 0.5) is 0 Å². The maximum Gasteiger partial charge on any atom is 0.263 e. The van der Waals surface area contributed by atoms with Crippen molar-refractivity contribution in [2.75, 3.05) is 13.1 Å². The summed E-state index contributed by atoms with van der Waals surface area (Å²) in [6.45, 7) is 6.55. The lowest BCUT2D eigenvalue weighted by Crippen LogP contribution is -2.28. The molecule has 3 heterocycles. The molecule has 1 amide bonds. The van der Waals surface area contributed by atoms with Crippen molar-refractivity contribution >= 4 is 28.6 Å². The van der Waals surface area contributed by atoms with E-state index in [1.54, 1.807) is 22.7 Å². The van der Waals surface area contributed by atoms with Gasteiger partial charge in [-0.15, -0.1) is 22.7 Å². The standard InChI is InChI=1S/C16H22N4OS2/c1-10-15(16(21)18-8-13-9-22-11(2)20-13)23-14(19-10)7-12-3-5-17-6-4-12/h9,12,17H,3-8H2,1-2H3,(H,18,21). The van der Waals surface area contributed by atoms with Crippen molar-refractivity contribution in [3.05, 3.63) is 31.7 Å². The smallest absolute Gasteiger partial charge is 0.263 e. The lowest BCUT2D eigenvalue weighted by atomic mass is 9.95. The summed E-state index contributed by atoms with van der Waals surface area (Å²) in [6.07, 6.45) is 3.39. The van der Waals surface area contributed by atoms with Gasteiger partial charge in [-0.2, -0.15) is 0 Å². The van der Waals surface area contributed by atoms with Crippen molar-refractivity contribution in [3.8, 4) is 0 Å². The first-order valence-electron chi connectivity index (χ1n) is 7.98. The van der Waals surface area contributed by atoms with Crippen LogP contribution in [0.25, 0.3) is 0 Å². The molecule has 7 heteroatoms. The van der Waals surface area contributed by atoms with Crippen LogP contribution in [-0.4, -0.2) is 29.0 Å². The summed E-state index contributed by atoms with van der Waals surface area (Å²) in [6, 6.07) is 0. The SMILES string of the molecule is Cc1nc(CNC(=O)c2sc(CC3CCNCC3)nc2C)cs1. The van der Waals surface area contributed by atoms with Gasteiger partial charge in [0, 0.05) is 11.8 Å². The molecule has 0 aromatic carbocycles. The van der Waals surface area contributed by atoms with E-state index in [0.29, 0.717) is 12.5 Å². The minimum Gasteiger partial charge on any atom is -0.346 e. The molecular formula is C16H22N4OS2. The highest BCUT2D eigenvalue weighted by Crippen LogP contribution is 2.24. The van der Waals surface area contributed by atoms with Gasteiger partial charge in [-0.1, -0.05) is 0 Å². The number of thiazole rings is 2. The summed E-state index contributed by atoms with van der Waals surface area (Å²) in [5, 5.41) is 10.4. The average molecular weight is 351 g/mol. The molecule has 0 saturated carbocycles. The van der Waals surface area contributed by atoms with Crippen molar-refractivity contribution < 1.29 is 4.79 Å². The maximum absolute atomic E-state index is 12.4. The Balaban J connectivity index is 1.59. The largest absolute Gasteiger partial charge is 0.346 e. The molecular weight excluding hydrogens is 328 g/mol. The molecule has 2 aromatic heterocycles. The number of aryl methyl sites for hydroxylation is 2. The number of carbonyl (C=O) groups excluding carboxylic acids is 1. The minimum absolute atomic E-state index is 0.0396. The second-order valence-corrected chi connectivity index (χ2v) is 8.11. The number of amides is 1. The van der Waals surface area contributed by atoms with Crippen LogP contribution < -0.4 is 10.6 Å². The monoisotopic (exact) mass is 350 g/mol. The predicted molar refractivity (Wildman–Crippen MR) is 94.2 cm³/mol. The van der Waals surface area contributed by atoms with Gasteiger partial charge in [0.15, 0.2) is 0 Å². The van der Waals surface area contributed by atoms with Gasteiger partial charge >= 0.3 is 0 Å². The third kappa shape index (κ3) is 4.37. The number of hydrogen-bond acceptors (Lipinski definition) is 6. The summed E-state index contributed by atoms with van der Waals surface area (Å²) in [7, 11) is 0. The lowest BCUT2D eigenvalue weighted by molar-refractivity contribution is 0.0953. The van der Waals surface area contributed by atoms with Gasteiger partial charge in [-0.25, -0.2) is 9.97 Å². The Labute approximate surface area is 144 Å². The molecule has 0 spiro atoms. The van der Waals surface area contributed by atoms with Crippen molar-refractivity contribution in [3.63, 3.8) is 0 Å². The molecule has 1 aliphatic heterocycles. The van der Waals surface area contributed by atoms with Gasteiger partial charge in [0.1, 0.15) is 4.88 Å². The van der Waals surface area contributed by atoms with E-state index < -0.39 is 0 Å². The number of carbonyl (C=O) groups is 1. The first-order valence-corrected chi connectivity index (χ1v) is 9.67. The van der Waals surface area contributed by atoms with Crippen LogP contribution >= 0.6 is 22.7 Å². The molecule has 0 bridgehead atoms. The fourth-order valence-electron chi connectivity index (χ4n) is 2.82. The Kier molecular flexibility index (Phi) is 5.40. The molecule has 124 valence electrons. The van der Waals surface area contributed by atoms with E-state index in [-0.39, 0.29) is 5.91 Å². The van der Waals surface area contributed by atoms with E-state index >= 15 is 0 Å². The molecule has 2 aromatic rings. The highest BCUT2D eigenvalue weighted by molar-refractivity contribution is 7.13. The summed E-state index contributed by atoms with van der Waals surface area (Å²) < 4.78 is 0. The first-order chi connectivity index (χ1) is 11.1. The first kappa shape index (κ1) is 16.5. The molecule has 3 rings (SSSR count). The zero-order valence-electron chi connectivity index (χ0n) is 13.5. The highest BCUT2D eigenvalue weighted by atomic mass is 32.1. The molecule has 0 atom stereocenters. The van der Waals surface area contributed by atoms with Gasteiger partial charge in [-0.05, 0) is 45.7 Å². The molecule has 2 N–H and O–H groups in total. The van der Waals surface area contributed by atoms with E-state index in [1.807, 2.05) is 19.2 Å². The third-order valence-corrected chi connectivity index (χ3v) is 6.07. The number of rotatable bonds is 5. The van der Waals surface area contributed by atoms with Crippen LogP contribution in [0.5, 0.6) is 0 Å². The Morgan fingerprint density at radius 2 is 2.13 bits per heavy atom. The van der Waals surface area contributed by atoms with Crippen molar-refractivity contribution in [2.45, 2.75) is 39.7 Å². The summed E-state index contributed by atoms with van der Waals surface area (Å²) in [4.78, 5) is 22.1. The molecule has 0 aliphatic carbocycles. The van der Waals surface area contributed by atoms with E-state index in [1.165, 1.54) is 12.8 Å².